The van der Waals surface area contributed by atoms with Crippen LogP contribution >= 0.6 is 0 Å². The van der Waals surface area contributed by atoms with Crippen molar-refractivity contribution in [2.75, 3.05) is 23.3 Å². The fourth-order valence-electron chi connectivity index (χ4n) is 3.43. The van der Waals surface area contributed by atoms with Crippen LogP contribution in [-0.2, 0) is 26.0 Å². The second-order valence-electron chi connectivity index (χ2n) is 8.08. The van der Waals surface area contributed by atoms with Crippen molar-refractivity contribution < 1.29 is 32.2 Å². The number of esters is 1. The summed E-state index contributed by atoms with van der Waals surface area (Å²) < 4.78 is 44.1. The smallest absolute Gasteiger partial charge is 0.338 e. The van der Waals surface area contributed by atoms with Gasteiger partial charge in [0.2, 0.25) is 0 Å². The SMILES string of the molecule is CCc1ccc(NC(=O)C(C)OC(=O)c2ccc(NS(=O)(=O)c3ccc4c(c3)OCCO4)cc2)cc1. The van der Waals surface area contributed by atoms with Crippen molar-refractivity contribution >= 4 is 33.3 Å². The molecule has 0 saturated carbocycles. The normalized spacial score (nSPS) is 13.4. The lowest BCUT2D eigenvalue weighted by Gasteiger charge is -2.19. The fourth-order valence-corrected chi connectivity index (χ4v) is 4.50. The maximum atomic E-state index is 12.8. The minimum atomic E-state index is -3.90. The molecular weight excluding hydrogens is 484 g/mol. The Hall–Kier alpha value is -4.05. The summed E-state index contributed by atoms with van der Waals surface area (Å²) in [6.07, 6.45) is -0.141. The van der Waals surface area contributed by atoms with Gasteiger partial charge in [-0.1, -0.05) is 19.1 Å². The van der Waals surface area contributed by atoms with E-state index < -0.39 is 28.0 Å². The van der Waals surface area contributed by atoms with E-state index in [2.05, 4.69) is 10.0 Å². The molecular formula is C26H26N2O7S. The Balaban J connectivity index is 1.35. The summed E-state index contributed by atoms with van der Waals surface area (Å²) in [7, 11) is -3.90. The van der Waals surface area contributed by atoms with E-state index in [4.69, 9.17) is 14.2 Å². The third kappa shape index (κ3) is 5.95. The molecule has 0 radical (unpaired) electrons. The minimum Gasteiger partial charge on any atom is -0.486 e. The van der Waals surface area contributed by atoms with E-state index in [1.165, 1.54) is 43.3 Å². The number of anilines is 2. The van der Waals surface area contributed by atoms with Crippen LogP contribution in [0.2, 0.25) is 0 Å². The summed E-state index contributed by atoms with van der Waals surface area (Å²) in [5.74, 6) is -0.324. The average Bonchev–Trinajstić information content (AvgIpc) is 2.89. The lowest BCUT2D eigenvalue weighted by molar-refractivity contribution is -0.123. The lowest BCUT2D eigenvalue weighted by Crippen LogP contribution is -2.30. The van der Waals surface area contributed by atoms with Crippen LogP contribution in [0.25, 0.3) is 0 Å². The molecule has 0 aromatic heterocycles. The third-order valence-electron chi connectivity index (χ3n) is 5.48. The summed E-state index contributed by atoms with van der Waals surface area (Å²) in [5, 5.41) is 2.71. The van der Waals surface area contributed by atoms with Gasteiger partial charge < -0.3 is 19.5 Å². The number of hydrogen-bond donors (Lipinski definition) is 2. The molecule has 0 aliphatic carbocycles. The first-order chi connectivity index (χ1) is 17.2. The summed E-state index contributed by atoms with van der Waals surface area (Å²) in [4.78, 5) is 24.9. The van der Waals surface area contributed by atoms with Gasteiger partial charge in [0.15, 0.2) is 17.6 Å². The van der Waals surface area contributed by atoms with E-state index in [0.29, 0.717) is 30.4 Å². The summed E-state index contributed by atoms with van der Waals surface area (Å²) in [6.45, 7) is 4.26. The molecule has 2 N–H and O–H groups in total. The van der Waals surface area contributed by atoms with Crippen LogP contribution in [0.5, 0.6) is 11.5 Å². The number of benzene rings is 3. The predicted octanol–water partition coefficient (Wildman–Crippen LogP) is 4.01. The van der Waals surface area contributed by atoms with E-state index in [9.17, 15) is 18.0 Å². The Kier molecular flexibility index (Phi) is 7.44. The van der Waals surface area contributed by atoms with Crippen molar-refractivity contribution in [1.82, 2.24) is 0 Å². The summed E-state index contributed by atoms with van der Waals surface area (Å²) in [5.41, 5.74) is 2.17. The maximum absolute atomic E-state index is 12.8. The molecule has 10 heteroatoms. The second-order valence-corrected chi connectivity index (χ2v) is 9.76. The molecule has 0 spiro atoms. The van der Waals surface area contributed by atoms with Gasteiger partial charge in [0.25, 0.3) is 15.9 Å². The van der Waals surface area contributed by atoms with Crippen LogP contribution in [0.3, 0.4) is 0 Å². The van der Waals surface area contributed by atoms with E-state index >= 15 is 0 Å². The number of carbonyl (C=O) groups excluding carboxylic acids is 2. The zero-order chi connectivity index (χ0) is 25.7. The van der Waals surface area contributed by atoms with Gasteiger partial charge in [0.05, 0.1) is 10.5 Å². The Morgan fingerprint density at radius 1 is 0.917 bits per heavy atom. The molecule has 1 unspecified atom stereocenters. The second kappa shape index (κ2) is 10.7. The van der Waals surface area contributed by atoms with Gasteiger partial charge in [-0.15, -0.1) is 0 Å². The van der Waals surface area contributed by atoms with Gasteiger partial charge in [0, 0.05) is 17.4 Å². The molecule has 0 fully saturated rings. The molecule has 1 aliphatic rings. The predicted molar refractivity (Wildman–Crippen MR) is 134 cm³/mol. The van der Waals surface area contributed by atoms with Crippen LogP contribution in [-0.4, -0.2) is 39.6 Å². The number of sulfonamides is 1. The molecule has 0 bridgehead atoms. The zero-order valence-electron chi connectivity index (χ0n) is 19.8. The van der Waals surface area contributed by atoms with Gasteiger partial charge in [-0.25, -0.2) is 13.2 Å². The highest BCUT2D eigenvalue weighted by Crippen LogP contribution is 2.32. The Bertz CT molecular complexity index is 1350. The molecule has 1 amide bonds. The number of rotatable bonds is 8. The summed E-state index contributed by atoms with van der Waals surface area (Å²) >= 11 is 0. The largest absolute Gasteiger partial charge is 0.486 e. The van der Waals surface area contributed by atoms with Crippen LogP contribution in [0.4, 0.5) is 11.4 Å². The molecule has 36 heavy (non-hydrogen) atoms. The molecule has 3 aromatic carbocycles. The zero-order valence-corrected chi connectivity index (χ0v) is 20.6. The van der Waals surface area contributed by atoms with Crippen LogP contribution in [0, 0.1) is 0 Å². The first-order valence-electron chi connectivity index (χ1n) is 11.4. The number of fused-ring (bicyclic) bond motifs is 1. The number of aryl methyl sites for hydroxylation is 1. The molecule has 0 saturated heterocycles. The van der Waals surface area contributed by atoms with Crippen LogP contribution in [0.15, 0.2) is 71.6 Å². The van der Waals surface area contributed by atoms with E-state index in [0.717, 1.165) is 12.0 Å². The quantitative estimate of drug-likeness (QED) is 0.440. The van der Waals surface area contributed by atoms with Crippen molar-refractivity contribution in [1.29, 1.82) is 0 Å². The Morgan fingerprint density at radius 3 is 2.22 bits per heavy atom. The highest BCUT2D eigenvalue weighted by Gasteiger charge is 2.21. The molecule has 1 heterocycles. The van der Waals surface area contributed by atoms with Gasteiger partial charge in [-0.2, -0.15) is 0 Å². The molecule has 1 aliphatic heterocycles. The van der Waals surface area contributed by atoms with Crippen molar-refractivity contribution in [3.8, 4) is 11.5 Å². The van der Waals surface area contributed by atoms with E-state index in [-0.39, 0.29) is 16.1 Å². The van der Waals surface area contributed by atoms with E-state index in [1.807, 2.05) is 19.1 Å². The number of amides is 1. The monoisotopic (exact) mass is 510 g/mol. The van der Waals surface area contributed by atoms with E-state index in [1.54, 1.807) is 18.2 Å². The highest BCUT2D eigenvalue weighted by atomic mass is 32.2. The highest BCUT2D eigenvalue weighted by molar-refractivity contribution is 7.92. The Labute approximate surface area is 209 Å². The number of carbonyl (C=O) groups is 2. The first-order valence-corrected chi connectivity index (χ1v) is 12.9. The topological polar surface area (TPSA) is 120 Å². The molecule has 3 aromatic rings. The van der Waals surface area contributed by atoms with Gasteiger partial charge in [-0.05, 0) is 67.4 Å². The molecule has 1 atom stereocenters. The molecule has 4 rings (SSSR count). The van der Waals surface area contributed by atoms with Crippen molar-refractivity contribution in [2.45, 2.75) is 31.3 Å². The number of ether oxygens (including phenoxy) is 3. The van der Waals surface area contributed by atoms with Crippen molar-refractivity contribution in [2.24, 2.45) is 0 Å². The van der Waals surface area contributed by atoms with Gasteiger partial charge in [-0.3, -0.25) is 9.52 Å². The van der Waals surface area contributed by atoms with Crippen LogP contribution in [0.1, 0.15) is 29.8 Å². The average molecular weight is 511 g/mol. The Morgan fingerprint density at radius 2 is 1.56 bits per heavy atom. The maximum Gasteiger partial charge on any atom is 0.338 e. The minimum absolute atomic E-state index is 0.0133. The lowest BCUT2D eigenvalue weighted by atomic mass is 10.1. The first kappa shape index (κ1) is 25.1. The van der Waals surface area contributed by atoms with Crippen LogP contribution < -0.4 is 19.5 Å². The number of hydrogen-bond acceptors (Lipinski definition) is 7. The van der Waals surface area contributed by atoms with Crippen molar-refractivity contribution in [3.63, 3.8) is 0 Å². The standard InChI is InChI=1S/C26H26N2O7S/c1-3-18-4-8-20(9-5-18)27-25(29)17(2)35-26(30)19-6-10-21(11-7-19)28-36(31,32)22-12-13-23-24(16-22)34-15-14-33-23/h4-13,16-17,28H,3,14-15H2,1-2H3,(H,27,29). The van der Waals surface area contributed by atoms with Gasteiger partial charge >= 0.3 is 5.97 Å². The molecule has 188 valence electrons. The fraction of sp³-hybridized carbons (Fsp3) is 0.231. The molecule has 9 nitrogen and oxygen atoms in total. The summed E-state index contributed by atoms with van der Waals surface area (Å²) in [6, 6.07) is 17.5. The number of nitrogens with one attached hydrogen (secondary N) is 2. The van der Waals surface area contributed by atoms with Crippen molar-refractivity contribution in [3.05, 3.63) is 77.9 Å². The van der Waals surface area contributed by atoms with Gasteiger partial charge in [0.1, 0.15) is 13.2 Å². The third-order valence-corrected chi connectivity index (χ3v) is 6.86.